The fourth-order valence-electron chi connectivity index (χ4n) is 6.62. The van der Waals surface area contributed by atoms with Crippen LogP contribution in [-0.4, -0.2) is 131 Å². The van der Waals surface area contributed by atoms with Crippen molar-refractivity contribution in [3.05, 3.63) is 66.2 Å². The lowest BCUT2D eigenvalue weighted by atomic mass is 9.98. The number of hydrogen-bond acceptors (Lipinski definition) is 9. The van der Waals surface area contributed by atoms with Crippen LogP contribution in [-0.2, 0) is 25.6 Å². The van der Waals surface area contributed by atoms with Crippen LogP contribution in [0.25, 0.3) is 11.3 Å². The van der Waals surface area contributed by atoms with E-state index >= 15 is 4.39 Å². The van der Waals surface area contributed by atoms with Crippen molar-refractivity contribution in [1.82, 2.24) is 34.9 Å². The second-order valence-electron chi connectivity index (χ2n) is 13.5. The van der Waals surface area contributed by atoms with Crippen LogP contribution >= 0.6 is 0 Å². The number of halogens is 3. The number of nitrogens with one attached hydrogen (secondary N) is 2. The van der Waals surface area contributed by atoms with Gasteiger partial charge in [0.15, 0.2) is 0 Å². The molecule has 5 unspecified atom stereocenters. The first-order valence-electron chi connectivity index (χ1n) is 17.7. The second kappa shape index (κ2) is 17.9. The summed E-state index contributed by atoms with van der Waals surface area (Å²) >= 11 is 0. The first-order chi connectivity index (χ1) is 25.4. The standard InChI is InChI=1S/C36H46F3N7O7/c1-4-5-11-43-19-28(25-15-24(37)6-7-26(25)38)42-34(43)33(22(2)3)46(18-23-16-40-17-27(23)39)36(51)44-20-29(47)30(21-44)53-35(50)41-10-13-52-14-12-45-31(48)8-9-32(45)49/h4-9,15,19,22-23,27,29-30,33,40,47H,10-14,16-18,20-21H2,1-3H3,(H,41,50)/b5-4+. The zero-order valence-electron chi connectivity index (χ0n) is 29.9. The fourth-order valence-corrected chi connectivity index (χ4v) is 6.62. The smallest absolute Gasteiger partial charge is 0.407 e. The van der Waals surface area contributed by atoms with Gasteiger partial charge in [-0.3, -0.25) is 14.5 Å². The number of aliphatic hydroxyl groups is 1. The number of β-amino-alcohol motifs (C(OH)–C–C–N with tert-alkyl or cyclic N) is 1. The summed E-state index contributed by atoms with van der Waals surface area (Å²) in [6.07, 6.45) is 3.26. The first-order valence-corrected chi connectivity index (χ1v) is 17.7. The van der Waals surface area contributed by atoms with Crippen LogP contribution in [0.15, 0.2) is 48.7 Å². The quantitative estimate of drug-likeness (QED) is 0.142. The summed E-state index contributed by atoms with van der Waals surface area (Å²) in [6.45, 7) is 6.27. The number of amides is 5. The van der Waals surface area contributed by atoms with Gasteiger partial charge in [-0.1, -0.05) is 26.0 Å². The SMILES string of the molecule is C/C=C/Cn1cc(-c2cc(F)ccc2F)nc1C(C(C)C)N(CC1CNCC1F)C(=O)N1CC(O)C(OC(=O)NCCOCCN2C(=O)C=CC2=O)C1. The summed E-state index contributed by atoms with van der Waals surface area (Å²) in [5.41, 5.74) is 0.121. The molecule has 0 spiro atoms. The van der Waals surface area contributed by atoms with E-state index < -0.39 is 65.9 Å². The van der Waals surface area contributed by atoms with Crippen molar-refractivity contribution < 1.29 is 46.9 Å². The van der Waals surface area contributed by atoms with E-state index in [1.165, 1.54) is 22.0 Å². The lowest BCUT2D eigenvalue weighted by Gasteiger charge is -2.38. The third kappa shape index (κ3) is 9.63. The molecule has 5 amide bonds. The number of hydrogen-bond donors (Lipinski definition) is 3. The van der Waals surface area contributed by atoms with Gasteiger partial charge >= 0.3 is 12.1 Å². The van der Waals surface area contributed by atoms with E-state index in [1.54, 1.807) is 10.8 Å². The number of benzene rings is 1. The summed E-state index contributed by atoms with van der Waals surface area (Å²) in [6, 6.07) is 1.80. The van der Waals surface area contributed by atoms with Crippen LogP contribution < -0.4 is 10.6 Å². The molecule has 2 saturated heterocycles. The van der Waals surface area contributed by atoms with Gasteiger partial charge in [0, 0.05) is 62.6 Å². The number of imidazole rings is 1. The number of alkyl carbamates (subject to hydrolysis) is 1. The number of imide groups is 1. The molecule has 3 aliphatic heterocycles. The molecule has 3 aliphatic rings. The molecular formula is C36H46F3N7O7. The van der Waals surface area contributed by atoms with Gasteiger partial charge in [-0.2, -0.15) is 0 Å². The number of carbonyl (C=O) groups excluding carboxylic acids is 4. The number of rotatable bonds is 15. The zero-order chi connectivity index (χ0) is 38.2. The molecule has 1 aromatic carbocycles. The number of aromatic nitrogens is 2. The van der Waals surface area contributed by atoms with Gasteiger partial charge in [0.05, 0.1) is 44.6 Å². The van der Waals surface area contributed by atoms with Crippen molar-refractivity contribution in [2.24, 2.45) is 11.8 Å². The largest absolute Gasteiger partial charge is 0.442 e. The van der Waals surface area contributed by atoms with Crippen molar-refractivity contribution in [3.63, 3.8) is 0 Å². The van der Waals surface area contributed by atoms with E-state index in [4.69, 9.17) is 14.5 Å². The van der Waals surface area contributed by atoms with Gasteiger partial charge in [-0.05, 0) is 31.0 Å². The number of aliphatic hydroxyl groups excluding tert-OH is 1. The van der Waals surface area contributed by atoms with Gasteiger partial charge in [0.2, 0.25) is 0 Å². The lowest BCUT2D eigenvalue weighted by Crippen LogP contribution is -2.49. The van der Waals surface area contributed by atoms with E-state index in [0.29, 0.717) is 18.9 Å². The maximum Gasteiger partial charge on any atom is 0.407 e. The van der Waals surface area contributed by atoms with Crippen molar-refractivity contribution in [1.29, 1.82) is 0 Å². The molecule has 0 radical (unpaired) electrons. The number of allylic oxidation sites excluding steroid dienone is 2. The van der Waals surface area contributed by atoms with Crippen LogP contribution in [0.2, 0.25) is 0 Å². The van der Waals surface area contributed by atoms with Gasteiger partial charge in [-0.25, -0.2) is 27.7 Å². The van der Waals surface area contributed by atoms with Gasteiger partial charge < -0.3 is 39.6 Å². The second-order valence-corrected chi connectivity index (χ2v) is 13.5. The van der Waals surface area contributed by atoms with Crippen LogP contribution in [0.1, 0.15) is 32.6 Å². The van der Waals surface area contributed by atoms with E-state index in [-0.39, 0.29) is 69.7 Å². The highest BCUT2D eigenvalue weighted by Gasteiger charge is 2.43. The highest BCUT2D eigenvalue weighted by Crippen LogP contribution is 2.35. The lowest BCUT2D eigenvalue weighted by molar-refractivity contribution is -0.137. The Morgan fingerprint density at radius 1 is 1.15 bits per heavy atom. The molecule has 4 heterocycles. The topological polar surface area (TPSA) is 159 Å². The van der Waals surface area contributed by atoms with Crippen molar-refractivity contribution >= 4 is 23.9 Å². The molecule has 288 valence electrons. The van der Waals surface area contributed by atoms with Gasteiger partial charge in [0.1, 0.15) is 35.8 Å². The Labute approximate surface area is 305 Å². The molecule has 14 nitrogen and oxygen atoms in total. The zero-order valence-corrected chi connectivity index (χ0v) is 29.9. The van der Waals surface area contributed by atoms with Gasteiger partial charge in [0.25, 0.3) is 11.8 Å². The Hall–Kier alpha value is -4.74. The predicted molar refractivity (Wildman–Crippen MR) is 186 cm³/mol. The van der Waals surface area contributed by atoms with E-state index in [1.807, 2.05) is 32.9 Å². The number of carbonyl (C=O) groups is 4. The van der Waals surface area contributed by atoms with Crippen molar-refractivity contribution in [3.8, 4) is 11.3 Å². The molecule has 0 aliphatic carbocycles. The van der Waals surface area contributed by atoms with E-state index in [2.05, 4.69) is 10.6 Å². The van der Waals surface area contributed by atoms with Crippen molar-refractivity contribution in [2.45, 2.75) is 51.7 Å². The van der Waals surface area contributed by atoms with E-state index in [0.717, 1.165) is 23.1 Å². The number of alkyl halides is 1. The van der Waals surface area contributed by atoms with E-state index in [9.17, 15) is 33.1 Å². The maximum atomic E-state index is 15.1. The monoisotopic (exact) mass is 745 g/mol. The predicted octanol–water partition coefficient (Wildman–Crippen LogP) is 2.79. The summed E-state index contributed by atoms with van der Waals surface area (Å²) in [5, 5.41) is 16.4. The molecule has 5 atom stereocenters. The number of nitrogens with zero attached hydrogens (tertiary/aromatic N) is 5. The molecule has 53 heavy (non-hydrogen) atoms. The molecule has 2 aromatic rings. The molecule has 3 N–H and O–H groups in total. The molecule has 2 fully saturated rings. The Balaban J connectivity index is 1.29. The molecule has 5 rings (SSSR count). The summed E-state index contributed by atoms with van der Waals surface area (Å²) in [7, 11) is 0. The van der Waals surface area contributed by atoms with Crippen molar-refractivity contribution in [2.75, 3.05) is 59.0 Å². The first kappa shape index (κ1) is 39.5. The van der Waals surface area contributed by atoms with Crippen LogP contribution in [0.5, 0.6) is 0 Å². The third-order valence-electron chi connectivity index (χ3n) is 9.36. The average molecular weight is 746 g/mol. The number of urea groups is 1. The molecule has 1 aromatic heterocycles. The summed E-state index contributed by atoms with van der Waals surface area (Å²) in [4.78, 5) is 58.9. The summed E-state index contributed by atoms with van der Waals surface area (Å²) < 4.78 is 56.8. The normalized spacial score (nSPS) is 22.1. The summed E-state index contributed by atoms with van der Waals surface area (Å²) in [5.74, 6) is -2.61. The Kier molecular flexibility index (Phi) is 13.3. The average Bonchev–Trinajstić information content (AvgIpc) is 3.90. The minimum absolute atomic E-state index is 0.00875. The molecule has 0 bridgehead atoms. The highest BCUT2D eigenvalue weighted by molar-refractivity contribution is 6.12. The third-order valence-corrected chi connectivity index (χ3v) is 9.36. The van der Waals surface area contributed by atoms with Crippen LogP contribution in [0.4, 0.5) is 22.8 Å². The Morgan fingerprint density at radius 2 is 1.91 bits per heavy atom. The van der Waals surface area contributed by atoms with Crippen LogP contribution in [0, 0.1) is 23.5 Å². The highest BCUT2D eigenvalue weighted by atomic mass is 19.1. The van der Waals surface area contributed by atoms with Crippen LogP contribution in [0.3, 0.4) is 0 Å². The molecule has 17 heteroatoms. The number of likely N-dealkylation sites (tertiary alicyclic amines) is 1. The number of ether oxygens (including phenoxy) is 2. The molecule has 0 saturated carbocycles. The Morgan fingerprint density at radius 3 is 2.58 bits per heavy atom. The fraction of sp³-hybridized carbons (Fsp3) is 0.528. The molecular weight excluding hydrogens is 699 g/mol. The maximum absolute atomic E-state index is 15.1. The minimum atomic E-state index is -1.23. The Bertz CT molecular complexity index is 1680. The van der Waals surface area contributed by atoms with Gasteiger partial charge in [-0.15, -0.1) is 0 Å². The minimum Gasteiger partial charge on any atom is -0.442 e.